The van der Waals surface area contributed by atoms with Crippen molar-refractivity contribution in [3.63, 3.8) is 0 Å². The van der Waals surface area contributed by atoms with E-state index in [0.717, 1.165) is 0 Å². The number of nitrogens with one attached hydrogen (secondary N) is 2. The molecule has 0 saturated carbocycles. The number of carbonyl (C=O) groups is 2. The first kappa shape index (κ1) is 20.7. The normalized spacial score (nSPS) is 11.6. The highest BCUT2D eigenvalue weighted by Gasteiger charge is 2.28. The van der Waals surface area contributed by atoms with Gasteiger partial charge in [0.15, 0.2) is 0 Å². The van der Waals surface area contributed by atoms with Crippen LogP contribution in [0, 0.1) is 0 Å². The molecule has 25 heavy (non-hydrogen) atoms. The van der Waals surface area contributed by atoms with E-state index in [1.807, 2.05) is 0 Å². The Hall–Kier alpha value is -2.33. The molecule has 1 rings (SSSR count). The van der Waals surface area contributed by atoms with Crippen molar-refractivity contribution in [3.8, 4) is 5.75 Å². The molecule has 2 amide bonds. The molecule has 0 heterocycles. The number of amides is 2. The van der Waals surface area contributed by atoms with Crippen LogP contribution < -0.4 is 15.4 Å². The van der Waals surface area contributed by atoms with Crippen LogP contribution in [0.2, 0.25) is 0 Å². The fourth-order valence-electron chi connectivity index (χ4n) is 2.04. The van der Waals surface area contributed by atoms with Crippen molar-refractivity contribution in [1.29, 1.82) is 0 Å². The third-order valence-electron chi connectivity index (χ3n) is 3.30. The Morgan fingerprint density at radius 1 is 1.16 bits per heavy atom. The van der Waals surface area contributed by atoms with Gasteiger partial charge in [-0.1, -0.05) is 26.0 Å². The maximum absolute atomic E-state index is 11.5. The smallest absolute Gasteiger partial charge is 0.412 e. The largest absolute Gasteiger partial charge is 0.449 e. The summed E-state index contributed by atoms with van der Waals surface area (Å²) in [6.45, 7) is 3.42. The molecule has 0 bridgehead atoms. The molecule has 0 unspecified atom stereocenters. The summed E-state index contributed by atoms with van der Waals surface area (Å²) in [6.07, 6.45) is -1.33. The second-order valence-corrected chi connectivity index (χ2v) is 7.36. The second-order valence-electron chi connectivity index (χ2n) is 5.91. The number of carbonyl (C=O) groups excluding carboxylic acids is 2. The summed E-state index contributed by atoms with van der Waals surface area (Å²) >= 11 is 0. The van der Waals surface area contributed by atoms with Gasteiger partial charge in [-0.25, -0.2) is 9.59 Å². The fraction of sp³-hybridized carbons (Fsp3) is 0.467. The average Bonchev–Trinajstić information content (AvgIpc) is 2.52. The van der Waals surface area contributed by atoms with Crippen LogP contribution in [0.15, 0.2) is 18.2 Å². The minimum Gasteiger partial charge on any atom is -0.449 e. The standard InChI is InChI=1S/C15H22N2O7S/c1-15(2,9-23-13(18)16-3)11-7-10(8-25(20,21)22)5-6-12(11)24-14(19)17-4/h5-7H,8-9H2,1-4H3,(H,16,18)(H,17,19)(H,20,21,22). The van der Waals surface area contributed by atoms with Crippen molar-refractivity contribution in [2.45, 2.75) is 25.0 Å². The maximum atomic E-state index is 11.5. The van der Waals surface area contributed by atoms with E-state index in [1.165, 1.54) is 32.3 Å². The quantitative estimate of drug-likeness (QED) is 0.642. The zero-order valence-corrected chi connectivity index (χ0v) is 15.3. The number of ether oxygens (including phenoxy) is 2. The van der Waals surface area contributed by atoms with E-state index in [1.54, 1.807) is 13.8 Å². The molecule has 9 nitrogen and oxygen atoms in total. The van der Waals surface area contributed by atoms with Crippen LogP contribution in [0.4, 0.5) is 9.59 Å². The lowest BCUT2D eigenvalue weighted by Crippen LogP contribution is -2.31. The van der Waals surface area contributed by atoms with E-state index in [0.29, 0.717) is 11.1 Å². The Labute approximate surface area is 146 Å². The van der Waals surface area contributed by atoms with Gasteiger partial charge in [0.05, 0.1) is 0 Å². The summed E-state index contributed by atoms with van der Waals surface area (Å²) in [6, 6.07) is 4.33. The minimum atomic E-state index is -4.23. The van der Waals surface area contributed by atoms with Gasteiger partial charge in [0.25, 0.3) is 10.1 Å². The highest BCUT2D eigenvalue weighted by atomic mass is 32.2. The lowest BCUT2D eigenvalue weighted by molar-refractivity contribution is 0.124. The first-order valence-corrected chi connectivity index (χ1v) is 8.92. The molecule has 3 N–H and O–H groups in total. The van der Waals surface area contributed by atoms with E-state index >= 15 is 0 Å². The molecule has 0 atom stereocenters. The Balaban J connectivity index is 3.26. The summed E-state index contributed by atoms with van der Waals surface area (Å²) in [7, 11) is -1.41. The number of alkyl carbamates (subject to hydrolysis) is 1. The number of hydrogen-bond donors (Lipinski definition) is 3. The van der Waals surface area contributed by atoms with Crippen LogP contribution >= 0.6 is 0 Å². The molecule has 0 radical (unpaired) electrons. The number of rotatable bonds is 6. The molecular formula is C15H22N2O7S. The average molecular weight is 374 g/mol. The van der Waals surface area contributed by atoms with Crippen LogP contribution in [0.5, 0.6) is 5.75 Å². The lowest BCUT2D eigenvalue weighted by atomic mass is 9.84. The van der Waals surface area contributed by atoms with E-state index in [-0.39, 0.29) is 12.4 Å². The van der Waals surface area contributed by atoms with Crippen molar-refractivity contribution in [2.24, 2.45) is 0 Å². The van der Waals surface area contributed by atoms with Gasteiger partial charge in [0, 0.05) is 25.1 Å². The van der Waals surface area contributed by atoms with E-state index in [4.69, 9.17) is 14.0 Å². The molecule has 0 fully saturated rings. The predicted octanol–water partition coefficient (Wildman–Crippen LogP) is 1.43. The van der Waals surface area contributed by atoms with Gasteiger partial charge in [-0.05, 0) is 11.6 Å². The van der Waals surface area contributed by atoms with Crippen molar-refractivity contribution >= 4 is 22.3 Å². The van der Waals surface area contributed by atoms with Crippen molar-refractivity contribution < 1.29 is 32.0 Å². The molecule has 0 spiro atoms. The monoisotopic (exact) mass is 374 g/mol. The van der Waals surface area contributed by atoms with E-state index in [9.17, 15) is 18.0 Å². The van der Waals surface area contributed by atoms with Gasteiger partial charge in [0.2, 0.25) is 0 Å². The maximum Gasteiger partial charge on any atom is 0.412 e. The Morgan fingerprint density at radius 2 is 1.76 bits per heavy atom. The zero-order chi connectivity index (χ0) is 19.3. The molecule has 0 aliphatic heterocycles. The summed E-state index contributed by atoms with van der Waals surface area (Å²) in [5.74, 6) is -0.406. The van der Waals surface area contributed by atoms with Gasteiger partial charge in [-0.15, -0.1) is 0 Å². The van der Waals surface area contributed by atoms with Crippen LogP contribution in [0.25, 0.3) is 0 Å². The number of hydrogen-bond acceptors (Lipinski definition) is 6. The SMILES string of the molecule is CNC(=O)OCC(C)(C)c1cc(CS(=O)(=O)O)ccc1OC(=O)NC. The Kier molecular flexibility index (Phi) is 6.77. The van der Waals surface area contributed by atoms with E-state index in [2.05, 4.69) is 10.6 Å². The van der Waals surface area contributed by atoms with Crippen molar-refractivity contribution in [1.82, 2.24) is 10.6 Å². The first-order valence-electron chi connectivity index (χ1n) is 7.31. The van der Waals surface area contributed by atoms with Crippen molar-refractivity contribution in [2.75, 3.05) is 20.7 Å². The van der Waals surface area contributed by atoms with Crippen LogP contribution in [0.3, 0.4) is 0 Å². The molecular weight excluding hydrogens is 352 g/mol. The Morgan fingerprint density at radius 3 is 2.28 bits per heavy atom. The molecule has 1 aromatic carbocycles. The van der Waals surface area contributed by atoms with Crippen LogP contribution in [-0.2, 0) is 26.0 Å². The van der Waals surface area contributed by atoms with E-state index < -0.39 is 33.5 Å². The highest BCUT2D eigenvalue weighted by Crippen LogP contribution is 2.33. The van der Waals surface area contributed by atoms with Crippen LogP contribution in [0.1, 0.15) is 25.0 Å². The first-order chi connectivity index (χ1) is 11.5. The number of benzene rings is 1. The summed E-state index contributed by atoms with van der Waals surface area (Å²) in [5, 5.41) is 4.63. The van der Waals surface area contributed by atoms with Crippen molar-refractivity contribution in [3.05, 3.63) is 29.3 Å². The molecule has 0 aliphatic rings. The molecule has 0 saturated heterocycles. The topological polar surface area (TPSA) is 131 Å². The van der Waals surface area contributed by atoms with Crippen LogP contribution in [-0.4, -0.2) is 45.9 Å². The molecule has 140 valence electrons. The van der Waals surface area contributed by atoms with Gasteiger partial charge in [-0.2, -0.15) is 8.42 Å². The minimum absolute atomic E-state index is 0.0495. The highest BCUT2D eigenvalue weighted by molar-refractivity contribution is 7.85. The molecule has 0 aromatic heterocycles. The summed E-state index contributed by atoms with van der Waals surface area (Å²) < 4.78 is 41.5. The lowest BCUT2D eigenvalue weighted by Gasteiger charge is -2.27. The molecule has 10 heteroatoms. The van der Waals surface area contributed by atoms with Gasteiger partial charge in [-0.3, -0.25) is 4.55 Å². The van der Waals surface area contributed by atoms with Gasteiger partial charge in [0.1, 0.15) is 18.1 Å². The third-order valence-corrected chi connectivity index (χ3v) is 4.00. The van der Waals surface area contributed by atoms with Gasteiger partial charge < -0.3 is 20.1 Å². The predicted molar refractivity (Wildman–Crippen MR) is 90.2 cm³/mol. The summed E-state index contributed by atoms with van der Waals surface area (Å²) in [4.78, 5) is 22.8. The second kappa shape index (κ2) is 8.17. The molecule has 0 aliphatic carbocycles. The Bertz CT molecular complexity index is 744. The van der Waals surface area contributed by atoms with Gasteiger partial charge >= 0.3 is 12.2 Å². The summed E-state index contributed by atoms with van der Waals surface area (Å²) in [5.41, 5.74) is -0.0543. The molecule has 1 aromatic rings. The third kappa shape index (κ3) is 6.59. The zero-order valence-electron chi connectivity index (χ0n) is 14.5. The fourth-order valence-corrected chi connectivity index (χ4v) is 2.64.